The van der Waals surface area contributed by atoms with Crippen molar-refractivity contribution in [1.82, 2.24) is 0 Å². The fourth-order valence-corrected chi connectivity index (χ4v) is 4.10. The summed E-state index contributed by atoms with van der Waals surface area (Å²) in [6.45, 7) is 1.25. The number of hydrogen-bond donors (Lipinski definition) is 1. The molecule has 0 spiro atoms. The molecule has 2 aromatic rings. The second kappa shape index (κ2) is 7.99. The third-order valence-corrected chi connectivity index (χ3v) is 5.75. The number of phenols is 1. The average molecular weight is 383 g/mol. The van der Waals surface area contributed by atoms with E-state index in [1.54, 1.807) is 27.4 Å². The van der Waals surface area contributed by atoms with E-state index in [4.69, 9.17) is 14.2 Å². The number of rotatable bonds is 6. The fourth-order valence-electron chi connectivity index (χ4n) is 4.10. The van der Waals surface area contributed by atoms with Gasteiger partial charge in [0.15, 0.2) is 29.5 Å². The molecule has 0 fully saturated rings. The molecule has 0 amide bonds. The van der Waals surface area contributed by atoms with Gasteiger partial charge in [-0.15, -0.1) is 0 Å². The maximum absolute atomic E-state index is 10.2. The number of hydrogen-bond acceptors (Lipinski definition) is 5. The summed E-state index contributed by atoms with van der Waals surface area (Å²) in [6, 6.07) is 12.1. The summed E-state index contributed by atoms with van der Waals surface area (Å²) in [7, 11) is 6.92. The minimum atomic E-state index is 0.0657. The lowest BCUT2D eigenvalue weighted by atomic mass is 9.86. The SMILES string of the molecule is COc1cc2c(cc1O)CC[N+](C)(CC#N)C2Cc1ccc(OC)c(OC)c1. The first-order valence-corrected chi connectivity index (χ1v) is 9.27. The summed E-state index contributed by atoms with van der Waals surface area (Å²) in [4.78, 5) is 0. The predicted molar refractivity (Wildman–Crippen MR) is 106 cm³/mol. The first-order chi connectivity index (χ1) is 13.5. The van der Waals surface area contributed by atoms with E-state index in [9.17, 15) is 10.4 Å². The molecule has 0 aliphatic carbocycles. The number of fused-ring (bicyclic) bond motifs is 1. The molecule has 148 valence electrons. The second-order valence-corrected chi connectivity index (χ2v) is 7.40. The zero-order valence-electron chi connectivity index (χ0n) is 16.9. The number of nitrogens with zero attached hydrogens (tertiary/aromatic N) is 2. The first kappa shape index (κ1) is 19.8. The van der Waals surface area contributed by atoms with Gasteiger partial charge in [0.1, 0.15) is 12.1 Å². The molecule has 1 aliphatic heterocycles. The Morgan fingerprint density at radius 3 is 2.43 bits per heavy atom. The van der Waals surface area contributed by atoms with E-state index in [1.165, 1.54) is 0 Å². The Morgan fingerprint density at radius 2 is 1.79 bits per heavy atom. The second-order valence-electron chi connectivity index (χ2n) is 7.40. The number of methoxy groups -OCH3 is 3. The Bertz CT molecular complexity index is 906. The highest BCUT2D eigenvalue weighted by Gasteiger charge is 2.39. The lowest BCUT2D eigenvalue weighted by molar-refractivity contribution is -0.935. The molecule has 1 heterocycles. The summed E-state index contributed by atoms with van der Waals surface area (Å²) in [5.74, 6) is 1.99. The minimum Gasteiger partial charge on any atom is -0.504 e. The van der Waals surface area contributed by atoms with Crippen LogP contribution in [0.4, 0.5) is 0 Å². The fraction of sp³-hybridized carbons (Fsp3) is 0.409. The van der Waals surface area contributed by atoms with Crippen LogP contribution in [0.3, 0.4) is 0 Å². The van der Waals surface area contributed by atoms with E-state index in [0.717, 1.165) is 36.1 Å². The van der Waals surface area contributed by atoms with Gasteiger partial charge in [-0.05, 0) is 35.4 Å². The average Bonchev–Trinajstić information content (AvgIpc) is 2.70. The van der Waals surface area contributed by atoms with Crippen molar-refractivity contribution in [2.24, 2.45) is 0 Å². The summed E-state index contributed by atoms with van der Waals surface area (Å²) < 4.78 is 16.8. The van der Waals surface area contributed by atoms with Crippen molar-refractivity contribution in [2.75, 3.05) is 41.5 Å². The van der Waals surface area contributed by atoms with E-state index in [0.29, 0.717) is 28.3 Å². The van der Waals surface area contributed by atoms with Crippen LogP contribution in [0.1, 0.15) is 22.7 Å². The van der Waals surface area contributed by atoms with Crippen LogP contribution in [0.2, 0.25) is 0 Å². The van der Waals surface area contributed by atoms with Gasteiger partial charge in [0.2, 0.25) is 0 Å². The number of phenolic OH excluding ortho intramolecular Hbond substituents is 1. The Hall–Kier alpha value is -2.91. The molecule has 2 unspecified atom stereocenters. The largest absolute Gasteiger partial charge is 0.504 e. The van der Waals surface area contributed by atoms with Gasteiger partial charge >= 0.3 is 0 Å². The predicted octanol–water partition coefficient (Wildman–Crippen LogP) is 3.23. The van der Waals surface area contributed by atoms with Crippen molar-refractivity contribution in [3.05, 3.63) is 47.0 Å². The van der Waals surface area contributed by atoms with E-state index in [2.05, 4.69) is 13.1 Å². The molecule has 0 radical (unpaired) electrons. The number of nitriles is 1. The van der Waals surface area contributed by atoms with Gasteiger partial charge in [-0.25, -0.2) is 0 Å². The number of quaternary nitrogens is 1. The maximum Gasteiger partial charge on any atom is 0.166 e. The minimum absolute atomic E-state index is 0.0657. The van der Waals surface area contributed by atoms with Crippen molar-refractivity contribution >= 4 is 0 Å². The highest BCUT2D eigenvalue weighted by Crippen LogP contribution is 2.42. The van der Waals surface area contributed by atoms with Gasteiger partial charge in [-0.2, -0.15) is 5.26 Å². The number of ether oxygens (including phenoxy) is 3. The molecule has 2 aromatic carbocycles. The summed E-state index contributed by atoms with van der Waals surface area (Å²) in [5, 5.41) is 19.6. The first-order valence-electron chi connectivity index (χ1n) is 9.27. The van der Waals surface area contributed by atoms with Crippen LogP contribution in [0.25, 0.3) is 0 Å². The lowest BCUT2D eigenvalue weighted by Crippen LogP contribution is -2.52. The van der Waals surface area contributed by atoms with Gasteiger partial charge in [0, 0.05) is 18.4 Å². The molecular weight excluding hydrogens is 356 g/mol. The Labute approximate surface area is 166 Å². The van der Waals surface area contributed by atoms with Crippen molar-refractivity contribution in [3.8, 4) is 29.1 Å². The van der Waals surface area contributed by atoms with Crippen molar-refractivity contribution in [3.63, 3.8) is 0 Å². The molecule has 3 rings (SSSR count). The van der Waals surface area contributed by atoms with Crippen LogP contribution in [0.5, 0.6) is 23.0 Å². The number of likely N-dealkylation sites (N-methyl/N-ethyl adjacent to an activating group) is 1. The van der Waals surface area contributed by atoms with Crippen LogP contribution >= 0.6 is 0 Å². The van der Waals surface area contributed by atoms with Gasteiger partial charge in [0.25, 0.3) is 0 Å². The van der Waals surface area contributed by atoms with Gasteiger partial charge in [-0.1, -0.05) is 6.07 Å². The summed E-state index contributed by atoms with van der Waals surface area (Å²) in [5.41, 5.74) is 3.33. The van der Waals surface area contributed by atoms with Crippen molar-refractivity contribution in [2.45, 2.75) is 18.9 Å². The molecule has 1 N–H and O–H groups in total. The molecule has 6 nitrogen and oxygen atoms in total. The Kier molecular flexibility index (Phi) is 5.66. The van der Waals surface area contributed by atoms with Crippen LogP contribution in [-0.2, 0) is 12.8 Å². The summed E-state index contributed by atoms with van der Waals surface area (Å²) in [6.07, 6.45) is 1.55. The Morgan fingerprint density at radius 1 is 1.07 bits per heavy atom. The quantitative estimate of drug-likeness (QED) is 0.613. The topological polar surface area (TPSA) is 71.7 Å². The molecule has 0 saturated heterocycles. The standard InChI is InChI=1S/C22H26N2O4/c1-24(10-8-23)9-7-16-13-19(25)21(27-3)14-17(16)18(24)11-15-5-6-20(26-2)22(12-15)28-4/h5-6,12-14,18H,7,9-11H2,1-4H3/p+1. The van der Waals surface area contributed by atoms with E-state index >= 15 is 0 Å². The Balaban J connectivity index is 2.06. The van der Waals surface area contributed by atoms with Crippen LogP contribution in [0, 0.1) is 11.3 Å². The third kappa shape index (κ3) is 3.58. The van der Waals surface area contributed by atoms with Crippen molar-refractivity contribution < 1.29 is 23.8 Å². The third-order valence-electron chi connectivity index (χ3n) is 5.75. The molecule has 1 aliphatic rings. The van der Waals surface area contributed by atoms with Gasteiger partial charge < -0.3 is 23.8 Å². The van der Waals surface area contributed by atoms with Crippen molar-refractivity contribution in [1.29, 1.82) is 5.26 Å². The highest BCUT2D eigenvalue weighted by atomic mass is 16.5. The summed E-state index contributed by atoms with van der Waals surface area (Å²) >= 11 is 0. The van der Waals surface area contributed by atoms with E-state index in [1.807, 2.05) is 24.3 Å². The normalized spacial score (nSPS) is 20.8. The zero-order valence-corrected chi connectivity index (χ0v) is 16.9. The smallest absolute Gasteiger partial charge is 0.166 e. The van der Waals surface area contributed by atoms with Gasteiger partial charge in [0.05, 0.1) is 34.9 Å². The molecule has 2 atom stereocenters. The molecule has 0 bridgehead atoms. The number of benzene rings is 2. The van der Waals surface area contributed by atoms with Crippen LogP contribution in [-0.4, -0.2) is 51.1 Å². The van der Waals surface area contributed by atoms with Gasteiger partial charge in [-0.3, -0.25) is 0 Å². The lowest BCUT2D eigenvalue weighted by Gasteiger charge is -2.44. The van der Waals surface area contributed by atoms with E-state index < -0.39 is 0 Å². The molecule has 0 aromatic heterocycles. The monoisotopic (exact) mass is 383 g/mol. The van der Waals surface area contributed by atoms with Crippen LogP contribution < -0.4 is 14.2 Å². The zero-order chi connectivity index (χ0) is 20.3. The molecule has 28 heavy (non-hydrogen) atoms. The van der Waals surface area contributed by atoms with E-state index in [-0.39, 0.29) is 11.8 Å². The molecule has 0 saturated carbocycles. The number of aromatic hydroxyl groups is 1. The van der Waals surface area contributed by atoms with Crippen LogP contribution in [0.15, 0.2) is 30.3 Å². The maximum atomic E-state index is 10.2. The highest BCUT2D eigenvalue weighted by molar-refractivity contribution is 5.49. The molecule has 6 heteroatoms. The molecular formula is C22H27N2O4+.